The molecule has 0 aliphatic carbocycles. The summed E-state index contributed by atoms with van der Waals surface area (Å²) in [6.45, 7) is 2.01. The van der Waals surface area contributed by atoms with E-state index in [0.29, 0.717) is 15.6 Å². The van der Waals surface area contributed by atoms with Gasteiger partial charge >= 0.3 is 0 Å². The summed E-state index contributed by atoms with van der Waals surface area (Å²) in [4.78, 5) is 0. The number of nitrogens with zero attached hydrogens (tertiary/aromatic N) is 1. The number of nitriles is 1. The third-order valence-corrected chi connectivity index (χ3v) is 5.35. The van der Waals surface area contributed by atoms with Gasteiger partial charge in [0.1, 0.15) is 0 Å². The highest BCUT2D eigenvalue weighted by molar-refractivity contribution is 9.11. The minimum Gasteiger partial charge on any atom is -0.192 e. The van der Waals surface area contributed by atoms with Crippen molar-refractivity contribution in [3.63, 3.8) is 0 Å². The average molecular weight is 446 g/mol. The van der Waals surface area contributed by atoms with Crippen LogP contribution in [-0.2, 0) is 0 Å². The maximum Gasteiger partial charge on any atom is 0.0998 e. The molecule has 0 saturated carbocycles. The summed E-state index contributed by atoms with van der Waals surface area (Å²) in [6, 6.07) is 11.3. The summed E-state index contributed by atoms with van der Waals surface area (Å²) >= 11 is 18.9. The fraction of sp³-hybridized carbons (Fsp3) is 0.0625. The third kappa shape index (κ3) is 3.90. The van der Waals surface area contributed by atoms with Crippen molar-refractivity contribution in [1.82, 2.24) is 0 Å². The summed E-state index contributed by atoms with van der Waals surface area (Å²) in [5.74, 6) is 0. The van der Waals surface area contributed by atoms with E-state index in [1.807, 2.05) is 25.1 Å². The van der Waals surface area contributed by atoms with Crippen molar-refractivity contribution in [2.45, 2.75) is 6.92 Å². The van der Waals surface area contributed by atoms with E-state index in [-0.39, 0.29) is 0 Å². The van der Waals surface area contributed by atoms with Crippen LogP contribution in [0, 0.1) is 18.3 Å². The summed E-state index contributed by atoms with van der Waals surface area (Å²) < 4.78 is 1.96. The molecule has 5 heteroatoms. The third-order valence-electron chi connectivity index (χ3n) is 2.97. The highest BCUT2D eigenvalue weighted by Crippen LogP contribution is 2.30. The molecule has 1 nitrogen and oxygen atoms in total. The van der Waals surface area contributed by atoms with Crippen molar-refractivity contribution in [2.24, 2.45) is 0 Å². The standard InChI is InChI=1S/C16H9Br2Cl2N/c1-9-13(17)5-10(6-14(9)18)4-12(8-21)11-2-3-15(19)16(20)7-11/h2-7H,1H3/b12-4-. The minimum absolute atomic E-state index is 0.432. The maximum atomic E-state index is 9.38. The predicted molar refractivity (Wildman–Crippen MR) is 96.5 cm³/mol. The Morgan fingerprint density at radius 1 is 1.10 bits per heavy atom. The molecule has 21 heavy (non-hydrogen) atoms. The maximum absolute atomic E-state index is 9.38. The molecule has 0 N–H and O–H groups in total. The lowest BCUT2D eigenvalue weighted by Gasteiger charge is -2.06. The van der Waals surface area contributed by atoms with Crippen molar-refractivity contribution < 1.29 is 0 Å². The zero-order valence-corrected chi connectivity index (χ0v) is 15.6. The zero-order chi connectivity index (χ0) is 15.6. The van der Waals surface area contributed by atoms with Gasteiger partial charge in [0.25, 0.3) is 0 Å². The molecule has 0 aliphatic rings. The van der Waals surface area contributed by atoms with Gasteiger partial charge in [0.15, 0.2) is 0 Å². The highest BCUT2D eigenvalue weighted by atomic mass is 79.9. The van der Waals surface area contributed by atoms with Gasteiger partial charge in [-0.1, -0.05) is 61.1 Å². The summed E-state index contributed by atoms with van der Waals surface area (Å²) in [7, 11) is 0. The fourth-order valence-corrected chi connectivity index (χ4v) is 3.28. The van der Waals surface area contributed by atoms with Crippen LogP contribution in [0.4, 0.5) is 0 Å². The van der Waals surface area contributed by atoms with Crippen LogP contribution < -0.4 is 0 Å². The van der Waals surface area contributed by atoms with Gasteiger partial charge in [-0.2, -0.15) is 5.26 Å². The Kier molecular flexibility index (Phi) is 5.51. The van der Waals surface area contributed by atoms with Crippen molar-refractivity contribution in [1.29, 1.82) is 5.26 Å². The molecular weight excluding hydrogens is 437 g/mol. The van der Waals surface area contributed by atoms with E-state index in [2.05, 4.69) is 37.9 Å². The number of hydrogen-bond acceptors (Lipinski definition) is 1. The topological polar surface area (TPSA) is 23.8 Å². The second-order valence-corrected chi connectivity index (χ2v) is 6.93. The van der Waals surface area contributed by atoms with Crippen LogP contribution in [0.2, 0.25) is 10.0 Å². The van der Waals surface area contributed by atoms with Gasteiger partial charge in [0, 0.05) is 8.95 Å². The van der Waals surface area contributed by atoms with Crippen LogP contribution in [0.15, 0.2) is 39.3 Å². The monoisotopic (exact) mass is 443 g/mol. The molecule has 0 radical (unpaired) electrons. The van der Waals surface area contributed by atoms with Gasteiger partial charge in [0.05, 0.1) is 21.7 Å². The first-order valence-electron chi connectivity index (χ1n) is 5.95. The zero-order valence-electron chi connectivity index (χ0n) is 10.9. The van der Waals surface area contributed by atoms with E-state index >= 15 is 0 Å². The molecule has 0 bridgehead atoms. The second kappa shape index (κ2) is 6.98. The summed E-state index contributed by atoms with van der Waals surface area (Å²) in [5.41, 5.74) is 3.29. The Balaban J connectivity index is 2.51. The van der Waals surface area contributed by atoms with Gasteiger partial charge in [-0.05, 0) is 54.0 Å². The van der Waals surface area contributed by atoms with E-state index in [1.165, 1.54) is 0 Å². The smallest absolute Gasteiger partial charge is 0.0998 e. The van der Waals surface area contributed by atoms with Crippen LogP contribution in [-0.4, -0.2) is 0 Å². The highest BCUT2D eigenvalue weighted by Gasteiger charge is 2.07. The predicted octanol–water partition coefficient (Wildman–Crippen LogP) is 6.89. The Hall–Kier alpha value is -0.790. The van der Waals surface area contributed by atoms with E-state index in [9.17, 15) is 5.26 Å². The Labute approximate surface area is 150 Å². The number of allylic oxidation sites excluding steroid dienone is 1. The Morgan fingerprint density at radius 3 is 2.24 bits per heavy atom. The summed E-state index contributed by atoms with van der Waals surface area (Å²) in [6.07, 6.45) is 1.81. The van der Waals surface area contributed by atoms with Crippen molar-refractivity contribution >= 4 is 66.7 Å². The molecule has 0 aromatic heterocycles. The molecule has 2 aromatic rings. The molecule has 2 aromatic carbocycles. The molecule has 0 heterocycles. The first kappa shape index (κ1) is 16.6. The first-order chi connectivity index (χ1) is 9.92. The fourth-order valence-electron chi connectivity index (χ4n) is 1.76. The van der Waals surface area contributed by atoms with E-state index in [4.69, 9.17) is 23.2 Å². The molecule has 0 fully saturated rings. The second-order valence-electron chi connectivity index (χ2n) is 4.41. The molecular formula is C16H9Br2Cl2N. The van der Waals surface area contributed by atoms with Crippen LogP contribution >= 0.6 is 55.1 Å². The molecule has 0 spiro atoms. The van der Waals surface area contributed by atoms with Crippen LogP contribution in [0.5, 0.6) is 0 Å². The molecule has 0 aliphatic heterocycles. The van der Waals surface area contributed by atoms with E-state index in [1.54, 1.807) is 18.2 Å². The lowest BCUT2D eigenvalue weighted by atomic mass is 10.0. The quantitative estimate of drug-likeness (QED) is 0.364. The Morgan fingerprint density at radius 2 is 1.71 bits per heavy atom. The van der Waals surface area contributed by atoms with Gasteiger partial charge in [-0.25, -0.2) is 0 Å². The van der Waals surface area contributed by atoms with Gasteiger partial charge in [0.2, 0.25) is 0 Å². The molecule has 0 atom stereocenters. The van der Waals surface area contributed by atoms with Crippen LogP contribution in [0.25, 0.3) is 11.6 Å². The van der Waals surface area contributed by atoms with Gasteiger partial charge < -0.3 is 0 Å². The van der Waals surface area contributed by atoms with E-state index < -0.39 is 0 Å². The van der Waals surface area contributed by atoms with Crippen molar-refractivity contribution in [3.05, 3.63) is 66.0 Å². The molecule has 0 amide bonds. The lowest BCUT2D eigenvalue weighted by Crippen LogP contribution is -1.85. The lowest BCUT2D eigenvalue weighted by molar-refractivity contribution is 1.38. The van der Waals surface area contributed by atoms with Crippen molar-refractivity contribution in [3.8, 4) is 6.07 Å². The van der Waals surface area contributed by atoms with Crippen LogP contribution in [0.1, 0.15) is 16.7 Å². The largest absolute Gasteiger partial charge is 0.192 e. The normalized spacial score (nSPS) is 11.3. The molecule has 2 rings (SSSR count). The van der Waals surface area contributed by atoms with Gasteiger partial charge in [-0.3, -0.25) is 0 Å². The average Bonchev–Trinajstić information content (AvgIpc) is 2.45. The number of hydrogen-bond donors (Lipinski definition) is 0. The number of benzene rings is 2. The Bertz CT molecular complexity index is 753. The molecule has 0 saturated heterocycles. The number of rotatable bonds is 2. The molecule has 0 unspecified atom stereocenters. The van der Waals surface area contributed by atoms with Crippen molar-refractivity contribution in [2.75, 3.05) is 0 Å². The summed E-state index contributed by atoms with van der Waals surface area (Å²) in [5, 5.41) is 10.3. The number of halogens is 4. The first-order valence-corrected chi connectivity index (χ1v) is 8.29. The molecule has 106 valence electrons. The van der Waals surface area contributed by atoms with E-state index in [0.717, 1.165) is 25.6 Å². The van der Waals surface area contributed by atoms with Crippen LogP contribution in [0.3, 0.4) is 0 Å². The van der Waals surface area contributed by atoms with Gasteiger partial charge in [-0.15, -0.1) is 0 Å². The minimum atomic E-state index is 0.432. The SMILES string of the molecule is Cc1c(Br)cc(/C=C(/C#N)c2ccc(Cl)c(Cl)c2)cc1Br.